The van der Waals surface area contributed by atoms with Crippen LogP contribution in [0.15, 0.2) is 112 Å². The third kappa shape index (κ3) is 4.64. The van der Waals surface area contributed by atoms with Gasteiger partial charge in [-0.1, -0.05) is 42.5 Å². The van der Waals surface area contributed by atoms with Crippen LogP contribution in [0.1, 0.15) is 10.4 Å². The second-order valence-electron chi connectivity index (χ2n) is 6.55. The van der Waals surface area contributed by atoms with Crippen LogP contribution in [-0.4, -0.2) is 5.97 Å². The third-order valence-electron chi connectivity index (χ3n) is 4.43. The molecule has 4 aromatic rings. The van der Waals surface area contributed by atoms with E-state index in [4.69, 9.17) is 4.74 Å². The van der Waals surface area contributed by atoms with Gasteiger partial charge in [0.15, 0.2) is 32.1 Å². The molecular weight excluding hydrogens is 421 g/mol. The minimum Gasteiger partial charge on any atom is -0.423 e. The topological polar surface area (TPSA) is 26.3 Å². The number of carbonyl (C=O) groups excluding carboxylic acids is 1. The summed E-state index contributed by atoms with van der Waals surface area (Å²) in [6.07, 6.45) is 0. The predicted molar refractivity (Wildman–Crippen MR) is 113 cm³/mol. The van der Waals surface area contributed by atoms with Gasteiger partial charge in [-0.25, -0.2) is 18.0 Å². The van der Waals surface area contributed by atoms with Gasteiger partial charge in [0.1, 0.15) is 5.75 Å². The Morgan fingerprint density at radius 3 is 1.71 bits per heavy atom. The molecule has 0 amide bonds. The first-order chi connectivity index (χ1) is 15.0. The highest BCUT2D eigenvalue weighted by Gasteiger charge is 2.29. The SMILES string of the molecule is O=C(Oc1cc(F)c(F)c(F)c1)c1cccc([S+](c2ccccc2)c2ccccc2)c1. The molecule has 0 saturated carbocycles. The van der Waals surface area contributed by atoms with Gasteiger partial charge >= 0.3 is 5.97 Å². The van der Waals surface area contributed by atoms with Crippen molar-refractivity contribution in [2.45, 2.75) is 14.7 Å². The lowest BCUT2D eigenvalue weighted by atomic mass is 10.2. The van der Waals surface area contributed by atoms with Crippen molar-refractivity contribution in [2.24, 2.45) is 0 Å². The largest absolute Gasteiger partial charge is 0.423 e. The standard InChI is InChI=1S/C25H16F3O2S/c26-22-15-18(16-23(27)24(22)28)30-25(29)17-8-7-13-21(14-17)31(19-9-3-1-4-10-19)20-11-5-2-6-12-20/h1-16H/q+1. The molecule has 4 rings (SSSR count). The molecule has 0 aromatic heterocycles. The van der Waals surface area contributed by atoms with Gasteiger partial charge in [0.25, 0.3) is 0 Å². The molecule has 0 saturated heterocycles. The van der Waals surface area contributed by atoms with Gasteiger partial charge < -0.3 is 4.74 Å². The number of benzene rings is 4. The normalized spacial score (nSPS) is 10.8. The van der Waals surface area contributed by atoms with E-state index in [9.17, 15) is 18.0 Å². The van der Waals surface area contributed by atoms with Crippen LogP contribution in [0, 0.1) is 17.5 Å². The molecular formula is C25H16F3O2S+. The fourth-order valence-electron chi connectivity index (χ4n) is 3.03. The molecule has 0 spiro atoms. The maximum atomic E-state index is 13.4. The second-order valence-corrected chi connectivity index (χ2v) is 8.58. The highest BCUT2D eigenvalue weighted by Crippen LogP contribution is 2.31. The summed E-state index contributed by atoms with van der Waals surface area (Å²) in [5.41, 5.74) is 0.215. The molecule has 154 valence electrons. The third-order valence-corrected chi connectivity index (χ3v) is 6.64. The van der Waals surface area contributed by atoms with Crippen molar-refractivity contribution in [1.29, 1.82) is 0 Å². The van der Waals surface area contributed by atoms with Gasteiger partial charge in [-0.2, -0.15) is 0 Å². The molecule has 0 bridgehead atoms. The Labute approximate surface area is 180 Å². The summed E-state index contributed by atoms with van der Waals surface area (Å²) in [5.74, 6) is -5.66. The van der Waals surface area contributed by atoms with Crippen molar-refractivity contribution in [3.8, 4) is 5.75 Å². The van der Waals surface area contributed by atoms with Crippen LogP contribution in [0.2, 0.25) is 0 Å². The number of hydrogen-bond donors (Lipinski definition) is 0. The molecule has 0 atom stereocenters. The number of ether oxygens (including phenoxy) is 1. The van der Waals surface area contributed by atoms with Crippen molar-refractivity contribution in [3.05, 3.63) is 120 Å². The first-order valence-corrected chi connectivity index (χ1v) is 10.6. The molecule has 0 N–H and O–H groups in total. The highest BCUT2D eigenvalue weighted by atomic mass is 32.2. The van der Waals surface area contributed by atoms with Crippen molar-refractivity contribution in [2.75, 3.05) is 0 Å². The lowest BCUT2D eigenvalue weighted by Crippen LogP contribution is -2.11. The smallest absolute Gasteiger partial charge is 0.343 e. The van der Waals surface area contributed by atoms with E-state index in [0.717, 1.165) is 14.7 Å². The molecule has 2 nitrogen and oxygen atoms in total. The first-order valence-electron chi connectivity index (χ1n) is 9.34. The van der Waals surface area contributed by atoms with Gasteiger partial charge in [0, 0.05) is 18.2 Å². The number of carbonyl (C=O) groups is 1. The zero-order valence-electron chi connectivity index (χ0n) is 16.1. The minimum atomic E-state index is -1.61. The predicted octanol–water partition coefficient (Wildman–Crippen LogP) is 6.42. The Kier molecular flexibility index (Phi) is 6.09. The van der Waals surface area contributed by atoms with Crippen molar-refractivity contribution in [1.82, 2.24) is 0 Å². The summed E-state index contributed by atoms with van der Waals surface area (Å²) in [7, 11) is -0.476. The summed E-state index contributed by atoms with van der Waals surface area (Å²) in [6.45, 7) is 0. The van der Waals surface area contributed by atoms with E-state index in [-0.39, 0.29) is 5.56 Å². The average molecular weight is 437 g/mol. The van der Waals surface area contributed by atoms with Crippen molar-refractivity contribution < 1.29 is 22.7 Å². The number of hydrogen-bond acceptors (Lipinski definition) is 2. The van der Waals surface area contributed by atoms with E-state index >= 15 is 0 Å². The number of halogens is 3. The quantitative estimate of drug-likeness (QED) is 0.156. The van der Waals surface area contributed by atoms with Crippen molar-refractivity contribution >= 4 is 16.9 Å². The number of esters is 1. The Morgan fingerprint density at radius 1 is 0.645 bits per heavy atom. The average Bonchev–Trinajstić information content (AvgIpc) is 2.79. The van der Waals surface area contributed by atoms with Crippen LogP contribution in [0.5, 0.6) is 5.75 Å². The Bertz CT molecular complexity index is 1150. The molecule has 0 aliphatic carbocycles. The molecule has 0 aliphatic heterocycles. The lowest BCUT2D eigenvalue weighted by molar-refractivity contribution is 0.0733. The van der Waals surface area contributed by atoms with Crippen LogP contribution < -0.4 is 4.74 Å². The summed E-state index contributed by atoms with van der Waals surface area (Å²) >= 11 is 0. The summed E-state index contributed by atoms with van der Waals surface area (Å²) in [6, 6.07) is 27.9. The van der Waals surface area contributed by atoms with E-state index in [1.807, 2.05) is 66.7 Å². The van der Waals surface area contributed by atoms with Gasteiger partial charge in [-0.05, 0) is 36.4 Å². The summed E-state index contributed by atoms with van der Waals surface area (Å²) < 4.78 is 45.1. The molecule has 6 heteroatoms. The van der Waals surface area contributed by atoms with E-state index < -0.39 is 40.1 Å². The Hall–Kier alpha value is -3.51. The zero-order chi connectivity index (χ0) is 21.8. The van der Waals surface area contributed by atoms with Crippen LogP contribution in [0.4, 0.5) is 13.2 Å². The molecule has 31 heavy (non-hydrogen) atoms. The molecule has 0 radical (unpaired) electrons. The van der Waals surface area contributed by atoms with Crippen LogP contribution in [-0.2, 0) is 10.9 Å². The fourth-order valence-corrected chi connectivity index (χ4v) is 5.16. The van der Waals surface area contributed by atoms with E-state index in [0.29, 0.717) is 12.1 Å². The maximum Gasteiger partial charge on any atom is 0.343 e. The first kappa shape index (κ1) is 20.8. The van der Waals surface area contributed by atoms with E-state index in [2.05, 4.69) is 0 Å². The molecule has 0 heterocycles. The monoisotopic (exact) mass is 437 g/mol. The second kappa shape index (κ2) is 9.10. The maximum absolute atomic E-state index is 13.4. The fraction of sp³-hybridized carbons (Fsp3) is 0. The number of rotatable bonds is 5. The molecule has 0 unspecified atom stereocenters. The van der Waals surface area contributed by atoms with Gasteiger partial charge in [-0.15, -0.1) is 0 Å². The van der Waals surface area contributed by atoms with E-state index in [1.54, 1.807) is 18.2 Å². The molecule has 0 fully saturated rings. The van der Waals surface area contributed by atoms with E-state index in [1.165, 1.54) is 0 Å². The van der Waals surface area contributed by atoms with Crippen molar-refractivity contribution in [3.63, 3.8) is 0 Å². The van der Waals surface area contributed by atoms with Crippen LogP contribution in [0.25, 0.3) is 0 Å². The summed E-state index contributed by atoms with van der Waals surface area (Å²) in [5, 5.41) is 0. The Balaban J connectivity index is 1.68. The van der Waals surface area contributed by atoms with Crippen LogP contribution in [0.3, 0.4) is 0 Å². The van der Waals surface area contributed by atoms with Gasteiger partial charge in [-0.3, -0.25) is 0 Å². The molecule has 4 aromatic carbocycles. The Morgan fingerprint density at radius 2 is 1.16 bits per heavy atom. The highest BCUT2D eigenvalue weighted by molar-refractivity contribution is 7.97. The van der Waals surface area contributed by atoms with Gasteiger partial charge in [0.2, 0.25) is 0 Å². The van der Waals surface area contributed by atoms with Gasteiger partial charge in [0.05, 0.1) is 16.5 Å². The van der Waals surface area contributed by atoms with Crippen LogP contribution >= 0.6 is 0 Å². The molecule has 0 aliphatic rings. The minimum absolute atomic E-state index is 0.215. The zero-order valence-corrected chi connectivity index (χ0v) is 16.9. The summed E-state index contributed by atoms with van der Waals surface area (Å²) in [4.78, 5) is 15.6. The lowest BCUT2D eigenvalue weighted by Gasteiger charge is -2.09.